The van der Waals surface area contributed by atoms with Crippen LogP contribution in [0.2, 0.25) is 5.02 Å². The van der Waals surface area contributed by atoms with E-state index in [9.17, 15) is 4.79 Å². The third kappa shape index (κ3) is 4.25. The first-order valence-electron chi connectivity index (χ1n) is 5.68. The highest BCUT2D eigenvalue weighted by molar-refractivity contribution is 7.99. The van der Waals surface area contributed by atoms with E-state index in [4.69, 9.17) is 11.6 Å². The Kier molecular flexibility index (Phi) is 4.81. The van der Waals surface area contributed by atoms with Gasteiger partial charge in [0, 0.05) is 5.02 Å². The molecule has 2 aromatic rings. The van der Waals surface area contributed by atoms with Crippen molar-refractivity contribution in [3.05, 3.63) is 41.2 Å². The summed E-state index contributed by atoms with van der Waals surface area (Å²) in [4.78, 5) is 15.7. The Labute approximate surface area is 120 Å². The molecule has 1 aromatic carbocycles. The standard InChI is InChI=1S/C12H13ClN4OS/c1-8(9-3-2-4-10(13)5-9)16-11(18)6-19-12-14-7-15-17-12/h2-5,7-8H,6H2,1H3,(H,16,18)(H,14,15,17)/t8-/m1/s1. The predicted octanol–water partition coefficient (Wildman–Crippen LogP) is 2.43. The molecule has 1 atom stereocenters. The topological polar surface area (TPSA) is 70.7 Å². The lowest BCUT2D eigenvalue weighted by molar-refractivity contribution is -0.119. The number of thioether (sulfide) groups is 1. The van der Waals surface area contributed by atoms with Gasteiger partial charge in [-0.05, 0) is 24.6 Å². The molecule has 2 rings (SSSR count). The van der Waals surface area contributed by atoms with Crippen LogP contribution in [0.3, 0.4) is 0 Å². The van der Waals surface area contributed by atoms with Gasteiger partial charge in [-0.3, -0.25) is 9.89 Å². The molecule has 0 spiro atoms. The molecule has 1 amide bonds. The molecule has 0 unspecified atom stereocenters. The molecule has 0 bridgehead atoms. The number of halogens is 1. The third-order valence-corrected chi connectivity index (χ3v) is 3.57. The molecule has 0 saturated heterocycles. The van der Waals surface area contributed by atoms with Crippen molar-refractivity contribution in [1.29, 1.82) is 0 Å². The summed E-state index contributed by atoms with van der Waals surface area (Å²) in [7, 11) is 0. The molecule has 0 aliphatic rings. The molecule has 7 heteroatoms. The molecule has 19 heavy (non-hydrogen) atoms. The zero-order valence-corrected chi connectivity index (χ0v) is 11.8. The number of aromatic amines is 1. The fourth-order valence-corrected chi connectivity index (χ4v) is 2.33. The smallest absolute Gasteiger partial charge is 0.230 e. The summed E-state index contributed by atoms with van der Waals surface area (Å²) in [5.74, 6) is 0.231. The Bertz CT molecular complexity index is 546. The lowest BCUT2D eigenvalue weighted by Crippen LogP contribution is -2.28. The SMILES string of the molecule is C[C@@H](NC(=O)CSc1ncn[nH]1)c1cccc(Cl)c1. The Balaban J connectivity index is 1.84. The molecule has 100 valence electrons. The first-order chi connectivity index (χ1) is 9.15. The second kappa shape index (κ2) is 6.58. The summed E-state index contributed by atoms with van der Waals surface area (Å²) < 4.78 is 0. The lowest BCUT2D eigenvalue weighted by atomic mass is 10.1. The van der Waals surface area contributed by atoms with E-state index in [2.05, 4.69) is 20.5 Å². The molecular formula is C12H13ClN4OS. The number of hydrogen-bond acceptors (Lipinski definition) is 4. The van der Waals surface area contributed by atoms with E-state index in [1.165, 1.54) is 18.1 Å². The quantitative estimate of drug-likeness (QED) is 0.831. The third-order valence-electron chi connectivity index (χ3n) is 2.46. The summed E-state index contributed by atoms with van der Waals surface area (Å²) in [6.45, 7) is 1.92. The van der Waals surface area contributed by atoms with E-state index >= 15 is 0 Å². The van der Waals surface area contributed by atoms with Gasteiger partial charge in [-0.1, -0.05) is 35.5 Å². The van der Waals surface area contributed by atoms with Crippen LogP contribution in [-0.2, 0) is 4.79 Å². The maximum Gasteiger partial charge on any atom is 0.230 e. The maximum absolute atomic E-state index is 11.8. The fraction of sp³-hybridized carbons (Fsp3) is 0.250. The van der Waals surface area contributed by atoms with Crippen LogP contribution in [0.25, 0.3) is 0 Å². The summed E-state index contributed by atoms with van der Waals surface area (Å²) in [5.41, 5.74) is 0.977. The average Bonchev–Trinajstić information content (AvgIpc) is 2.89. The van der Waals surface area contributed by atoms with Crippen LogP contribution in [0.1, 0.15) is 18.5 Å². The number of aromatic nitrogens is 3. The van der Waals surface area contributed by atoms with Crippen molar-refractivity contribution in [1.82, 2.24) is 20.5 Å². The summed E-state index contributed by atoms with van der Waals surface area (Å²) in [6, 6.07) is 7.36. The van der Waals surface area contributed by atoms with E-state index in [0.29, 0.717) is 15.9 Å². The van der Waals surface area contributed by atoms with Crippen LogP contribution >= 0.6 is 23.4 Å². The molecule has 0 aliphatic carbocycles. The van der Waals surface area contributed by atoms with E-state index in [1.54, 1.807) is 6.07 Å². The largest absolute Gasteiger partial charge is 0.349 e. The van der Waals surface area contributed by atoms with Crippen LogP contribution in [0.4, 0.5) is 0 Å². The lowest BCUT2D eigenvalue weighted by Gasteiger charge is -2.14. The molecule has 0 aliphatic heterocycles. The highest BCUT2D eigenvalue weighted by Crippen LogP contribution is 2.18. The van der Waals surface area contributed by atoms with E-state index in [-0.39, 0.29) is 11.9 Å². The van der Waals surface area contributed by atoms with Gasteiger partial charge in [-0.2, -0.15) is 5.10 Å². The summed E-state index contributed by atoms with van der Waals surface area (Å²) >= 11 is 7.23. The average molecular weight is 297 g/mol. The van der Waals surface area contributed by atoms with Crippen molar-refractivity contribution in [2.24, 2.45) is 0 Å². The zero-order valence-electron chi connectivity index (χ0n) is 10.3. The first kappa shape index (κ1) is 13.9. The fourth-order valence-electron chi connectivity index (χ4n) is 1.54. The molecule has 5 nitrogen and oxygen atoms in total. The normalized spacial score (nSPS) is 12.1. The number of amides is 1. The van der Waals surface area contributed by atoms with Crippen LogP contribution in [0.5, 0.6) is 0 Å². The number of H-pyrrole nitrogens is 1. The van der Waals surface area contributed by atoms with Crippen LogP contribution in [0, 0.1) is 0 Å². The van der Waals surface area contributed by atoms with Crippen molar-refractivity contribution in [2.75, 3.05) is 5.75 Å². The van der Waals surface area contributed by atoms with Gasteiger partial charge in [0.1, 0.15) is 6.33 Å². The zero-order chi connectivity index (χ0) is 13.7. The van der Waals surface area contributed by atoms with E-state index < -0.39 is 0 Å². The molecule has 0 radical (unpaired) electrons. The van der Waals surface area contributed by atoms with Crippen LogP contribution in [0.15, 0.2) is 35.7 Å². The maximum atomic E-state index is 11.8. The van der Waals surface area contributed by atoms with Gasteiger partial charge in [0.05, 0.1) is 11.8 Å². The molecular weight excluding hydrogens is 284 g/mol. The van der Waals surface area contributed by atoms with Crippen LogP contribution in [-0.4, -0.2) is 26.8 Å². The summed E-state index contributed by atoms with van der Waals surface area (Å²) in [6.07, 6.45) is 1.41. The second-order valence-electron chi connectivity index (χ2n) is 3.92. The Morgan fingerprint density at radius 3 is 3.11 bits per heavy atom. The number of nitrogens with one attached hydrogen (secondary N) is 2. The van der Waals surface area contributed by atoms with Gasteiger partial charge in [-0.15, -0.1) is 0 Å². The Morgan fingerprint density at radius 1 is 1.58 bits per heavy atom. The van der Waals surface area contributed by atoms with Gasteiger partial charge in [0.2, 0.25) is 5.91 Å². The number of carbonyl (C=O) groups excluding carboxylic acids is 1. The van der Waals surface area contributed by atoms with Crippen molar-refractivity contribution >= 4 is 29.3 Å². The van der Waals surface area contributed by atoms with Crippen LogP contribution < -0.4 is 5.32 Å². The van der Waals surface area contributed by atoms with Gasteiger partial charge < -0.3 is 5.32 Å². The molecule has 0 saturated carbocycles. The number of rotatable bonds is 5. The van der Waals surface area contributed by atoms with Gasteiger partial charge >= 0.3 is 0 Å². The Hall–Kier alpha value is -1.53. The van der Waals surface area contributed by atoms with E-state index in [1.807, 2.05) is 25.1 Å². The molecule has 1 aromatic heterocycles. The summed E-state index contributed by atoms with van der Waals surface area (Å²) in [5, 5.41) is 10.6. The number of hydrogen-bond donors (Lipinski definition) is 2. The number of nitrogens with zero attached hydrogens (tertiary/aromatic N) is 2. The minimum absolute atomic E-state index is 0.0612. The minimum Gasteiger partial charge on any atom is -0.349 e. The molecule has 1 heterocycles. The van der Waals surface area contributed by atoms with E-state index in [0.717, 1.165) is 5.56 Å². The van der Waals surface area contributed by atoms with Gasteiger partial charge in [-0.25, -0.2) is 4.98 Å². The molecule has 2 N–H and O–H groups in total. The highest BCUT2D eigenvalue weighted by Gasteiger charge is 2.10. The van der Waals surface area contributed by atoms with Crippen molar-refractivity contribution in [3.8, 4) is 0 Å². The van der Waals surface area contributed by atoms with Crippen molar-refractivity contribution in [3.63, 3.8) is 0 Å². The van der Waals surface area contributed by atoms with Crippen molar-refractivity contribution < 1.29 is 4.79 Å². The minimum atomic E-state index is -0.0819. The van der Waals surface area contributed by atoms with Crippen molar-refractivity contribution in [2.45, 2.75) is 18.1 Å². The number of carbonyl (C=O) groups is 1. The first-order valence-corrected chi connectivity index (χ1v) is 7.04. The molecule has 0 fully saturated rings. The van der Waals surface area contributed by atoms with Gasteiger partial charge in [0.25, 0.3) is 0 Å². The predicted molar refractivity (Wildman–Crippen MR) is 75.1 cm³/mol. The number of benzene rings is 1. The highest BCUT2D eigenvalue weighted by atomic mass is 35.5. The second-order valence-corrected chi connectivity index (χ2v) is 5.32. The van der Waals surface area contributed by atoms with Gasteiger partial charge in [0.15, 0.2) is 5.16 Å². The Morgan fingerprint density at radius 2 is 2.42 bits per heavy atom. The monoisotopic (exact) mass is 296 g/mol.